The van der Waals surface area contributed by atoms with E-state index in [0.29, 0.717) is 47.2 Å². The van der Waals surface area contributed by atoms with Crippen LogP contribution in [0, 0.1) is 0 Å². The Hall–Kier alpha value is -2.22. The molecular weight excluding hydrogens is 390 g/mol. The van der Waals surface area contributed by atoms with Gasteiger partial charge in [0.25, 0.3) is 0 Å². The van der Waals surface area contributed by atoms with Gasteiger partial charge in [-0.2, -0.15) is 0 Å². The van der Waals surface area contributed by atoms with E-state index in [1.807, 2.05) is 19.1 Å². The van der Waals surface area contributed by atoms with Gasteiger partial charge in [-0.05, 0) is 44.4 Å². The number of hydrogen-bond acceptors (Lipinski definition) is 6. The largest absolute Gasteiger partial charge is 0.486 e. The first-order chi connectivity index (χ1) is 13.9. The zero-order valence-electron chi connectivity index (χ0n) is 17.1. The first kappa shape index (κ1) is 20.1. The standard InChI is InChI=1S/C21H28ClN5O2/c1-12-4-5-14(6-7-25-12)18-19(22)15(11-16-20(18)29-9-8-28-16)21(23)26-13(2)10-17(24-3)27-21/h6,10-12,25-26H,4-5,7-9,23H2,1-3H3,(H,24,27)/t12-,21?/m0/s1. The predicted octanol–water partition coefficient (Wildman–Crippen LogP) is 2.46. The Balaban J connectivity index is 1.86. The maximum absolute atomic E-state index is 7.01. The number of rotatable bonds is 2. The molecule has 0 saturated heterocycles. The maximum Gasteiger partial charge on any atom is 0.191 e. The SMILES string of the molecule is CN=C1C=C(C)NC(N)(c2cc3c(c(C4=CCN[C@@H](C)CC4)c2Cl)OCCO3)N1. The van der Waals surface area contributed by atoms with E-state index in [-0.39, 0.29) is 0 Å². The van der Waals surface area contributed by atoms with Crippen LogP contribution in [0.5, 0.6) is 11.5 Å². The van der Waals surface area contributed by atoms with Crippen molar-refractivity contribution >= 4 is 23.0 Å². The van der Waals surface area contributed by atoms with E-state index in [1.165, 1.54) is 0 Å². The number of benzene rings is 1. The van der Waals surface area contributed by atoms with E-state index in [9.17, 15) is 0 Å². The lowest BCUT2D eigenvalue weighted by Gasteiger charge is -2.39. The molecular formula is C21H28ClN5O2. The van der Waals surface area contributed by atoms with E-state index in [1.54, 1.807) is 7.05 Å². The Kier molecular flexibility index (Phi) is 5.46. The quantitative estimate of drug-likeness (QED) is 0.590. The summed E-state index contributed by atoms with van der Waals surface area (Å²) >= 11 is 7.01. The van der Waals surface area contributed by atoms with E-state index in [4.69, 9.17) is 26.8 Å². The third-order valence-corrected chi connectivity index (χ3v) is 5.88. The second-order valence-corrected chi connectivity index (χ2v) is 8.09. The molecule has 5 N–H and O–H groups in total. The summed E-state index contributed by atoms with van der Waals surface area (Å²) in [5.41, 5.74) is 10.4. The van der Waals surface area contributed by atoms with Gasteiger partial charge in [0.15, 0.2) is 17.3 Å². The summed E-state index contributed by atoms with van der Waals surface area (Å²) in [7, 11) is 1.72. The number of fused-ring (bicyclic) bond motifs is 1. The lowest BCUT2D eigenvalue weighted by molar-refractivity contribution is 0.170. The molecule has 3 aliphatic rings. The molecule has 0 amide bonds. The van der Waals surface area contributed by atoms with Gasteiger partial charge in [-0.3, -0.25) is 10.7 Å². The Morgan fingerprint density at radius 2 is 2.07 bits per heavy atom. The highest BCUT2D eigenvalue weighted by molar-refractivity contribution is 6.33. The van der Waals surface area contributed by atoms with Crippen molar-refractivity contribution in [2.24, 2.45) is 10.7 Å². The van der Waals surface area contributed by atoms with Crippen LogP contribution in [0.4, 0.5) is 0 Å². The molecule has 0 aliphatic carbocycles. The molecule has 8 heteroatoms. The van der Waals surface area contributed by atoms with Crippen molar-refractivity contribution in [2.75, 3.05) is 26.8 Å². The number of nitrogens with two attached hydrogens (primary N) is 1. The minimum Gasteiger partial charge on any atom is -0.486 e. The van der Waals surface area contributed by atoms with Crippen LogP contribution in [-0.2, 0) is 5.79 Å². The van der Waals surface area contributed by atoms with Crippen molar-refractivity contribution in [1.82, 2.24) is 16.0 Å². The van der Waals surface area contributed by atoms with Crippen molar-refractivity contribution in [3.63, 3.8) is 0 Å². The monoisotopic (exact) mass is 417 g/mol. The van der Waals surface area contributed by atoms with Crippen molar-refractivity contribution < 1.29 is 9.47 Å². The van der Waals surface area contributed by atoms with Gasteiger partial charge in [-0.15, -0.1) is 0 Å². The molecule has 7 nitrogen and oxygen atoms in total. The molecule has 0 saturated carbocycles. The number of nitrogens with one attached hydrogen (secondary N) is 3. The molecule has 4 rings (SSSR count). The number of hydrogen-bond donors (Lipinski definition) is 4. The summed E-state index contributed by atoms with van der Waals surface area (Å²) in [6.45, 7) is 5.91. The average Bonchev–Trinajstić information content (AvgIpc) is 2.91. The van der Waals surface area contributed by atoms with Crippen molar-refractivity contribution in [1.29, 1.82) is 0 Å². The Labute approximate surface area is 176 Å². The molecule has 2 atom stereocenters. The first-order valence-corrected chi connectivity index (χ1v) is 10.3. The van der Waals surface area contributed by atoms with Gasteiger partial charge >= 0.3 is 0 Å². The zero-order valence-corrected chi connectivity index (χ0v) is 17.8. The first-order valence-electron chi connectivity index (χ1n) is 9.97. The number of aliphatic imine (C=N–C) groups is 1. The molecule has 1 aromatic carbocycles. The highest BCUT2D eigenvalue weighted by Crippen LogP contribution is 2.47. The van der Waals surface area contributed by atoms with Crippen molar-refractivity contribution in [3.8, 4) is 11.5 Å². The number of ether oxygens (including phenoxy) is 2. The molecule has 1 unspecified atom stereocenters. The van der Waals surface area contributed by atoms with Crippen LogP contribution in [0.3, 0.4) is 0 Å². The van der Waals surface area contributed by atoms with Crippen LogP contribution in [0.2, 0.25) is 5.02 Å². The van der Waals surface area contributed by atoms with Gasteiger partial charge in [0.1, 0.15) is 19.0 Å². The summed E-state index contributed by atoms with van der Waals surface area (Å²) in [6, 6.07) is 2.31. The van der Waals surface area contributed by atoms with E-state index in [2.05, 4.69) is 33.9 Å². The smallest absolute Gasteiger partial charge is 0.191 e. The average molecular weight is 418 g/mol. The number of amidine groups is 1. The molecule has 156 valence electrons. The van der Waals surface area contributed by atoms with Gasteiger partial charge in [0.05, 0.1) is 5.02 Å². The van der Waals surface area contributed by atoms with Crippen LogP contribution in [0.1, 0.15) is 37.8 Å². The fourth-order valence-electron chi connectivity index (χ4n) is 4.00. The lowest BCUT2D eigenvalue weighted by atomic mass is 9.93. The van der Waals surface area contributed by atoms with Crippen LogP contribution in [0.15, 0.2) is 28.9 Å². The Morgan fingerprint density at radius 3 is 2.86 bits per heavy atom. The van der Waals surface area contributed by atoms with Gasteiger partial charge in [0, 0.05) is 36.5 Å². The van der Waals surface area contributed by atoms with E-state index >= 15 is 0 Å². The zero-order chi connectivity index (χ0) is 20.6. The summed E-state index contributed by atoms with van der Waals surface area (Å²) in [6.07, 6.45) is 5.99. The third-order valence-electron chi connectivity index (χ3n) is 5.49. The minimum absolute atomic E-state index is 0.442. The number of allylic oxidation sites excluding steroid dienone is 2. The topological polar surface area (TPSA) is 92.9 Å². The molecule has 0 bridgehead atoms. The van der Waals surface area contributed by atoms with Crippen LogP contribution in [-0.4, -0.2) is 38.7 Å². The van der Waals surface area contributed by atoms with E-state index < -0.39 is 5.79 Å². The molecule has 0 fully saturated rings. The van der Waals surface area contributed by atoms with Crippen LogP contribution in [0.25, 0.3) is 5.57 Å². The number of halogens is 1. The van der Waals surface area contributed by atoms with Crippen molar-refractivity contribution in [2.45, 2.75) is 38.5 Å². The highest BCUT2D eigenvalue weighted by Gasteiger charge is 2.37. The van der Waals surface area contributed by atoms with Crippen LogP contribution < -0.4 is 31.2 Å². The maximum atomic E-state index is 7.01. The normalized spacial score (nSPS) is 28.0. The highest BCUT2D eigenvalue weighted by atomic mass is 35.5. The third kappa shape index (κ3) is 3.82. The summed E-state index contributed by atoms with van der Waals surface area (Å²) in [5, 5.41) is 10.6. The fraction of sp³-hybridized carbons (Fsp3) is 0.476. The van der Waals surface area contributed by atoms with Crippen molar-refractivity contribution in [3.05, 3.63) is 40.1 Å². The molecule has 3 heterocycles. The lowest BCUT2D eigenvalue weighted by Crippen LogP contribution is -2.64. The van der Waals surface area contributed by atoms with Gasteiger partial charge in [0.2, 0.25) is 0 Å². The molecule has 0 radical (unpaired) electrons. The van der Waals surface area contributed by atoms with E-state index in [0.717, 1.165) is 36.2 Å². The Bertz CT molecular complexity index is 911. The summed E-state index contributed by atoms with van der Waals surface area (Å²) < 4.78 is 11.9. The molecule has 0 spiro atoms. The molecule has 1 aromatic rings. The summed E-state index contributed by atoms with van der Waals surface area (Å²) in [4.78, 5) is 4.26. The summed E-state index contributed by atoms with van der Waals surface area (Å²) in [5.74, 6) is 0.920. The Morgan fingerprint density at radius 1 is 1.28 bits per heavy atom. The molecule has 29 heavy (non-hydrogen) atoms. The molecule has 0 aromatic heterocycles. The second kappa shape index (κ2) is 7.89. The second-order valence-electron chi connectivity index (χ2n) is 7.71. The van der Waals surface area contributed by atoms with Crippen LogP contribution >= 0.6 is 11.6 Å². The fourth-order valence-corrected chi connectivity index (χ4v) is 4.41. The minimum atomic E-state index is -1.12. The predicted molar refractivity (Wildman–Crippen MR) is 116 cm³/mol. The molecule has 3 aliphatic heterocycles. The van der Waals surface area contributed by atoms with Gasteiger partial charge in [-0.25, -0.2) is 0 Å². The van der Waals surface area contributed by atoms with Gasteiger partial charge in [-0.1, -0.05) is 17.7 Å². The number of nitrogens with zero attached hydrogens (tertiary/aromatic N) is 1. The van der Waals surface area contributed by atoms with Gasteiger partial charge < -0.3 is 25.4 Å².